The highest BCUT2D eigenvalue weighted by molar-refractivity contribution is 7.16. The summed E-state index contributed by atoms with van der Waals surface area (Å²) in [4.78, 5) is 12.4. The molecule has 108 valence electrons. The summed E-state index contributed by atoms with van der Waals surface area (Å²) in [5.41, 5.74) is 0. The molecule has 0 amide bonds. The normalized spacial score (nSPS) is 17.6. The zero-order valence-corrected chi connectivity index (χ0v) is 12.8. The lowest BCUT2D eigenvalue weighted by Gasteiger charge is -2.32. The largest absolute Gasteiger partial charge is 0.367 e. The maximum absolute atomic E-state index is 4.41. The lowest BCUT2D eigenvalue weighted by Crippen LogP contribution is -2.39. The third-order valence-electron chi connectivity index (χ3n) is 4.02. The lowest BCUT2D eigenvalue weighted by molar-refractivity contribution is 0.216. The van der Waals surface area contributed by atoms with Gasteiger partial charge in [-0.15, -0.1) is 11.3 Å². The molecule has 2 aromatic heterocycles. The van der Waals surface area contributed by atoms with Gasteiger partial charge in [0.25, 0.3) is 0 Å². The minimum absolute atomic E-state index is 0.547. The van der Waals surface area contributed by atoms with E-state index in [2.05, 4.69) is 38.6 Å². The van der Waals surface area contributed by atoms with Gasteiger partial charge in [0.05, 0.1) is 5.39 Å². The summed E-state index contributed by atoms with van der Waals surface area (Å²) in [5.74, 6) is 1.00. The van der Waals surface area contributed by atoms with Crippen LogP contribution in [0.1, 0.15) is 32.6 Å². The number of unbranched alkanes of at least 4 members (excludes halogenated alkanes) is 1. The fourth-order valence-corrected chi connectivity index (χ4v) is 3.51. The van der Waals surface area contributed by atoms with Crippen molar-refractivity contribution in [1.82, 2.24) is 14.9 Å². The molecule has 5 heteroatoms. The highest BCUT2D eigenvalue weighted by Gasteiger charge is 2.19. The number of fused-ring (bicyclic) bond motifs is 1. The number of nitrogens with zero attached hydrogens (tertiary/aromatic N) is 3. The quantitative estimate of drug-likeness (QED) is 0.916. The first-order chi connectivity index (χ1) is 9.86. The van der Waals surface area contributed by atoms with Crippen LogP contribution in [-0.2, 0) is 0 Å². The van der Waals surface area contributed by atoms with Crippen LogP contribution in [0.15, 0.2) is 17.8 Å². The third-order valence-corrected chi connectivity index (χ3v) is 4.84. The molecule has 1 aliphatic rings. The summed E-state index contributed by atoms with van der Waals surface area (Å²) in [6.07, 6.45) is 6.69. The number of rotatable bonds is 5. The molecular weight excluding hydrogens is 268 g/mol. The van der Waals surface area contributed by atoms with Crippen molar-refractivity contribution in [3.8, 4) is 0 Å². The number of anilines is 1. The van der Waals surface area contributed by atoms with Crippen molar-refractivity contribution in [2.75, 3.05) is 25.0 Å². The van der Waals surface area contributed by atoms with E-state index in [9.17, 15) is 0 Å². The molecule has 3 heterocycles. The summed E-state index contributed by atoms with van der Waals surface area (Å²) >= 11 is 1.67. The monoisotopic (exact) mass is 290 g/mol. The van der Waals surface area contributed by atoms with Crippen molar-refractivity contribution in [2.45, 2.75) is 38.6 Å². The highest BCUT2D eigenvalue weighted by Crippen LogP contribution is 2.25. The first-order valence-electron chi connectivity index (χ1n) is 7.54. The summed E-state index contributed by atoms with van der Waals surface area (Å²) in [7, 11) is 0. The number of hydrogen-bond acceptors (Lipinski definition) is 5. The van der Waals surface area contributed by atoms with Crippen LogP contribution in [0, 0.1) is 0 Å². The van der Waals surface area contributed by atoms with Crippen LogP contribution in [0.4, 0.5) is 5.82 Å². The number of aromatic nitrogens is 2. The van der Waals surface area contributed by atoms with E-state index in [0.29, 0.717) is 6.04 Å². The van der Waals surface area contributed by atoms with Crippen molar-refractivity contribution >= 4 is 27.4 Å². The molecule has 0 saturated carbocycles. The lowest BCUT2D eigenvalue weighted by atomic mass is 10.0. The van der Waals surface area contributed by atoms with Gasteiger partial charge in [0.15, 0.2) is 0 Å². The van der Waals surface area contributed by atoms with Crippen molar-refractivity contribution in [3.05, 3.63) is 17.8 Å². The van der Waals surface area contributed by atoms with Gasteiger partial charge in [-0.3, -0.25) is 0 Å². The zero-order chi connectivity index (χ0) is 13.8. The average Bonchev–Trinajstić information content (AvgIpc) is 2.96. The van der Waals surface area contributed by atoms with Crippen molar-refractivity contribution in [1.29, 1.82) is 0 Å². The Morgan fingerprint density at radius 1 is 1.35 bits per heavy atom. The van der Waals surface area contributed by atoms with Crippen LogP contribution in [-0.4, -0.2) is 40.5 Å². The SMILES string of the molecule is CCCCN1CCC(Nc2ncnc3sccc23)CC1. The molecule has 0 radical (unpaired) electrons. The molecule has 1 fully saturated rings. The Morgan fingerprint density at radius 3 is 3.00 bits per heavy atom. The minimum Gasteiger partial charge on any atom is -0.367 e. The van der Waals surface area contributed by atoms with E-state index in [0.717, 1.165) is 16.0 Å². The first-order valence-corrected chi connectivity index (χ1v) is 8.42. The summed E-state index contributed by atoms with van der Waals surface area (Å²) < 4.78 is 0. The number of piperidine rings is 1. The van der Waals surface area contributed by atoms with Gasteiger partial charge in [0.1, 0.15) is 17.0 Å². The smallest absolute Gasteiger partial charge is 0.138 e. The second-order valence-corrected chi connectivity index (χ2v) is 6.37. The standard InChI is InChI=1S/C15H22N4S/c1-2-3-7-19-8-4-12(5-9-19)18-14-13-6-10-20-15(13)17-11-16-14/h6,10-12H,2-5,7-9H2,1H3,(H,16,17,18). The Bertz CT molecular complexity index is 546. The second-order valence-electron chi connectivity index (χ2n) is 5.48. The zero-order valence-electron chi connectivity index (χ0n) is 12.0. The predicted octanol–water partition coefficient (Wildman–Crippen LogP) is 3.37. The first kappa shape index (κ1) is 13.8. The number of nitrogens with one attached hydrogen (secondary N) is 1. The Morgan fingerprint density at radius 2 is 2.20 bits per heavy atom. The topological polar surface area (TPSA) is 41.0 Å². The van der Waals surface area contributed by atoms with E-state index in [1.54, 1.807) is 17.7 Å². The van der Waals surface area contributed by atoms with Crippen LogP contribution in [0.2, 0.25) is 0 Å². The van der Waals surface area contributed by atoms with Crippen molar-refractivity contribution < 1.29 is 0 Å². The summed E-state index contributed by atoms with van der Waals surface area (Å²) in [6, 6.07) is 2.66. The Hall–Kier alpha value is -1.20. The van der Waals surface area contributed by atoms with E-state index in [4.69, 9.17) is 0 Å². The molecule has 1 N–H and O–H groups in total. The number of hydrogen-bond donors (Lipinski definition) is 1. The molecule has 1 aliphatic heterocycles. The summed E-state index contributed by atoms with van der Waals surface area (Å²) in [6.45, 7) is 5.92. The molecule has 0 atom stereocenters. The molecule has 0 unspecified atom stereocenters. The molecule has 20 heavy (non-hydrogen) atoms. The van der Waals surface area contributed by atoms with Crippen LogP contribution in [0.25, 0.3) is 10.2 Å². The fourth-order valence-electron chi connectivity index (χ4n) is 2.78. The van der Waals surface area contributed by atoms with Gasteiger partial charge in [-0.25, -0.2) is 9.97 Å². The molecule has 3 rings (SSSR count). The van der Waals surface area contributed by atoms with Crippen LogP contribution in [0.3, 0.4) is 0 Å². The van der Waals surface area contributed by atoms with Crippen LogP contribution < -0.4 is 5.32 Å². The molecule has 0 aromatic carbocycles. The molecule has 4 nitrogen and oxygen atoms in total. The molecular formula is C15H22N4S. The van der Waals surface area contributed by atoms with E-state index >= 15 is 0 Å². The van der Waals surface area contributed by atoms with Gasteiger partial charge >= 0.3 is 0 Å². The Balaban J connectivity index is 1.58. The summed E-state index contributed by atoms with van der Waals surface area (Å²) in [5, 5.41) is 6.85. The van der Waals surface area contributed by atoms with Gasteiger partial charge < -0.3 is 10.2 Å². The van der Waals surface area contributed by atoms with Gasteiger partial charge in [0.2, 0.25) is 0 Å². The number of likely N-dealkylation sites (tertiary alicyclic amines) is 1. The number of thiophene rings is 1. The molecule has 1 saturated heterocycles. The average molecular weight is 290 g/mol. The van der Waals surface area contributed by atoms with Crippen molar-refractivity contribution in [3.63, 3.8) is 0 Å². The highest BCUT2D eigenvalue weighted by atomic mass is 32.1. The Kier molecular flexibility index (Phi) is 4.47. The maximum atomic E-state index is 4.41. The van der Waals surface area contributed by atoms with Gasteiger partial charge in [-0.1, -0.05) is 13.3 Å². The van der Waals surface area contributed by atoms with Gasteiger partial charge in [-0.2, -0.15) is 0 Å². The van der Waals surface area contributed by atoms with Crippen LogP contribution >= 0.6 is 11.3 Å². The molecule has 0 spiro atoms. The van der Waals surface area contributed by atoms with E-state index in [1.165, 1.54) is 45.3 Å². The predicted molar refractivity (Wildman–Crippen MR) is 85.4 cm³/mol. The van der Waals surface area contributed by atoms with Gasteiger partial charge in [-0.05, 0) is 37.3 Å². The molecule has 0 aliphatic carbocycles. The molecule has 2 aromatic rings. The fraction of sp³-hybridized carbons (Fsp3) is 0.600. The molecule has 0 bridgehead atoms. The third kappa shape index (κ3) is 3.10. The van der Waals surface area contributed by atoms with E-state index in [-0.39, 0.29) is 0 Å². The maximum Gasteiger partial charge on any atom is 0.138 e. The Labute approximate surface area is 124 Å². The van der Waals surface area contributed by atoms with Gasteiger partial charge in [0, 0.05) is 19.1 Å². The van der Waals surface area contributed by atoms with Crippen molar-refractivity contribution in [2.24, 2.45) is 0 Å². The minimum atomic E-state index is 0.547. The van der Waals surface area contributed by atoms with Crippen LogP contribution in [0.5, 0.6) is 0 Å². The van der Waals surface area contributed by atoms with E-state index in [1.807, 2.05) is 0 Å². The van der Waals surface area contributed by atoms with E-state index < -0.39 is 0 Å². The second kappa shape index (κ2) is 6.50.